The molecule has 1 fully saturated rings. The molecule has 2 atom stereocenters. The molecule has 3 rings (SSSR count). The Morgan fingerprint density at radius 2 is 1.68 bits per heavy atom. The van der Waals surface area contributed by atoms with Gasteiger partial charge in [-0.15, -0.1) is 0 Å². The van der Waals surface area contributed by atoms with Crippen LogP contribution in [0.3, 0.4) is 0 Å². The molecule has 1 aromatic carbocycles. The first-order valence-electron chi connectivity index (χ1n) is 6.42. The van der Waals surface area contributed by atoms with Gasteiger partial charge >= 0.3 is 0 Å². The van der Waals surface area contributed by atoms with E-state index in [4.69, 9.17) is 0 Å². The topological polar surface area (TPSA) is 57.6 Å². The summed E-state index contributed by atoms with van der Waals surface area (Å²) in [5.41, 5.74) is 1.21. The van der Waals surface area contributed by atoms with E-state index >= 15 is 0 Å². The lowest BCUT2D eigenvalue weighted by molar-refractivity contribution is -0.122. The average molecular weight is 257 g/mol. The molecule has 1 saturated heterocycles. The smallest absolute Gasteiger partial charge is 0.238 e. The largest absolute Gasteiger partial charge is 0.506 e. The number of amides is 2. The van der Waals surface area contributed by atoms with Crippen molar-refractivity contribution in [3.63, 3.8) is 0 Å². The quantitative estimate of drug-likeness (QED) is 0.619. The van der Waals surface area contributed by atoms with Gasteiger partial charge in [0.25, 0.3) is 0 Å². The highest BCUT2D eigenvalue weighted by Gasteiger charge is 2.48. The number of nitrogens with zero attached hydrogens (tertiary/aromatic N) is 1. The van der Waals surface area contributed by atoms with Gasteiger partial charge in [0.1, 0.15) is 5.75 Å². The van der Waals surface area contributed by atoms with Crippen molar-refractivity contribution in [2.24, 2.45) is 11.8 Å². The highest BCUT2D eigenvalue weighted by molar-refractivity contribution is 6.22. The SMILES string of the molecule is Cc1ccc(O)c(N2C(=O)[C@H]3CC=CC[C@@H]3C2=O)c1. The van der Waals surface area contributed by atoms with Crippen LogP contribution in [0, 0.1) is 18.8 Å². The number of carbonyl (C=O) groups excluding carboxylic acids is 2. The van der Waals surface area contributed by atoms with E-state index in [1.165, 1.54) is 6.07 Å². The molecule has 0 bridgehead atoms. The maximum atomic E-state index is 12.4. The molecule has 0 radical (unpaired) electrons. The summed E-state index contributed by atoms with van der Waals surface area (Å²) in [6.07, 6.45) is 5.12. The number of allylic oxidation sites excluding steroid dienone is 2. The number of anilines is 1. The van der Waals surface area contributed by atoms with Gasteiger partial charge in [-0.1, -0.05) is 18.2 Å². The van der Waals surface area contributed by atoms with E-state index in [1.807, 2.05) is 19.1 Å². The van der Waals surface area contributed by atoms with Crippen LogP contribution in [0.4, 0.5) is 5.69 Å². The maximum absolute atomic E-state index is 12.4. The first-order chi connectivity index (χ1) is 9.09. The second kappa shape index (κ2) is 4.23. The molecule has 4 nitrogen and oxygen atoms in total. The molecule has 0 aromatic heterocycles. The van der Waals surface area contributed by atoms with E-state index in [0.717, 1.165) is 10.5 Å². The number of aromatic hydroxyl groups is 1. The average Bonchev–Trinajstić information content (AvgIpc) is 2.66. The Bertz CT molecular complexity index is 565. The zero-order valence-electron chi connectivity index (χ0n) is 10.7. The number of rotatable bonds is 1. The van der Waals surface area contributed by atoms with E-state index in [9.17, 15) is 14.7 Å². The minimum Gasteiger partial charge on any atom is -0.506 e. The summed E-state index contributed by atoms with van der Waals surface area (Å²) in [6.45, 7) is 1.86. The lowest BCUT2D eigenvalue weighted by Crippen LogP contribution is -2.31. The normalized spacial score (nSPS) is 25.8. The van der Waals surface area contributed by atoms with Gasteiger partial charge in [0, 0.05) is 0 Å². The molecule has 1 heterocycles. The highest BCUT2D eigenvalue weighted by Crippen LogP contribution is 2.40. The minimum absolute atomic E-state index is 0.0288. The maximum Gasteiger partial charge on any atom is 0.238 e. The second-order valence-electron chi connectivity index (χ2n) is 5.16. The Kier molecular flexibility index (Phi) is 2.66. The van der Waals surface area contributed by atoms with E-state index in [0.29, 0.717) is 18.5 Å². The number of hydrogen-bond donors (Lipinski definition) is 1. The molecule has 19 heavy (non-hydrogen) atoms. The van der Waals surface area contributed by atoms with Crippen LogP contribution in [-0.2, 0) is 9.59 Å². The molecule has 0 unspecified atom stereocenters. The molecule has 1 N–H and O–H groups in total. The van der Waals surface area contributed by atoms with Crippen LogP contribution in [0.2, 0.25) is 0 Å². The van der Waals surface area contributed by atoms with Crippen molar-refractivity contribution < 1.29 is 14.7 Å². The van der Waals surface area contributed by atoms with Gasteiger partial charge in [0.15, 0.2) is 0 Å². The Morgan fingerprint density at radius 3 is 2.26 bits per heavy atom. The standard InChI is InChI=1S/C15H15NO3/c1-9-6-7-13(17)12(8-9)16-14(18)10-4-2-3-5-11(10)15(16)19/h2-3,6-8,10-11,17H,4-5H2,1H3/t10-,11-/m0/s1. The molecule has 98 valence electrons. The van der Waals surface area contributed by atoms with Crippen molar-refractivity contribution in [1.29, 1.82) is 0 Å². The van der Waals surface area contributed by atoms with E-state index in [2.05, 4.69) is 0 Å². The van der Waals surface area contributed by atoms with Crippen molar-refractivity contribution in [2.45, 2.75) is 19.8 Å². The van der Waals surface area contributed by atoms with Gasteiger partial charge in [-0.3, -0.25) is 9.59 Å². The summed E-state index contributed by atoms with van der Waals surface area (Å²) in [6, 6.07) is 4.94. The zero-order chi connectivity index (χ0) is 13.6. The summed E-state index contributed by atoms with van der Waals surface area (Å²) in [4.78, 5) is 25.9. The molecular formula is C15H15NO3. The summed E-state index contributed by atoms with van der Waals surface area (Å²) in [5, 5.41) is 9.90. The predicted molar refractivity (Wildman–Crippen MR) is 70.7 cm³/mol. The van der Waals surface area contributed by atoms with E-state index in [-0.39, 0.29) is 29.4 Å². The van der Waals surface area contributed by atoms with Crippen molar-refractivity contribution in [3.8, 4) is 5.75 Å². The fourth-order valence-corrected chi connectivity index (χ4v) is 2.85. The summed E-state index contributed by atoms with van der Waals surface area (Å²) < 4.78 is 0. The summed E-state index contributed by atoms with van der Waals surface area (Å²) in [5.74, 6) is -0.950. The van der Waals surface area contributed by atoms with Gasteiger partial charge in [-0.05, 0) is 37.5 Å². The van der Waals surface area contributed by atoms with Crippen LogP contribution in [-0.4, -0.2) is 16.9 Å². The van der Waals surface area contributed by atoms with Gasteiger partial charge < -0.3 is 5.11 Å². The molecule has 4 heteroatoms. The molecule has 1 aliphatic carbocycles. The molecule has 0 spiro atoms. The van der Waals surface area contributed by atoms with Crippen LogP contribution in [0.5, 0.6) is 5.75 Å². The first kappa shape index (κ1) is 12.0. The first-order valence-corrected chi connectivity index (χ1v) is 6.42. The number of hydrogen-bond acceptors (Lipinski definition) is 3. The molecule has 2 amide bonds. The lowest BCUT2D eigenvalue weighted by atomic mass is 9.85. The van der Waals surface area contributed by atoms with E-state index in [1.54, 1.807) is 12.1 Å². The Hall–Kier alpha value is -2.10. The van der Waals surface area contributed by atoms with E-state index < -0.39 is 0 Å². The van der Waals surface area contributed by atoms with Gasteiger partial charge in [0.05, 0.1) is 17.5 Å². The molecular weight excluding hydrogens is 242 g/mol. The monoisotopic (exact) mass is 257 g/mol. The van der Waals surface area contributed by atoms with Crippen LogP contribution >= 0.6 is 0 Å². The third-order valence-corrected chi connectivity index (χ3v) is 3.88. The van der Waals surface area contributed by atoms with Gasteiger partial charge in [-0.2, -0.15) is 0 Å². The Morgan fingerprint density at radius 1 is 1.11 bits per heavy atom. The van der Waals surface area contributed by atoms with Crippen molar-refractivity contribution >= 4 is 17.5 Å². The van der Waals surface area contributed by atoms with Crippen molar-refractivity contribution in [3.05, 3.63) is 35.9 Å². The Balaban J connectivity index is 2.04. The molecule has 1 aromatic rings. The van der Waals surface area contributed by atoms with Crippen LogP contribution in [0.1, 0.15) is 18.4 Å². The third-order valence-electron chi connectivity index (χ3n) is 3.88. The number of benzene rings is 1. The van der Waals surface area contributed by atoms with Crippen molar-refractivity contribution in [1.82, 2.24) is 0 Å². The number of aryl methyl sites for hydroxylation is 1. The van der Waals surface area contributed by atoms with Crippen LogP contribution in [0.15, 0.2) is 30.4 Å². The second-order valence-corrected chi connectivity index (χ2v) is 5.16. The zero-order valence-corrected chi connectivity index (χ0v) is 10.7. The predicted octanol–water partition coefficient (Wildman–Crippen LogP) is 2.16. The van der Waals surface area contributed by atoms with Crippen LogP contribution in [0.25, 0.3) is 0 Å². The summed E-state index contributed by atoms with van der Waals surface area (Å²) >= 11 is 0. The van der Waals surface area contributed by atoms with Crippen molar-refractivity contribution in [2.75, 3.05) is 4.90 Å². The fraction of sp³-hybridized carbons (Fsp3) is 0.333. The fourth-order valence-electron chi connectivity index (χ4n) is 2.85. The lowest BCUT2D eigenvalue weighted by Gasteiger charge is -2.16. The van der Waals surface area contributed by atoms with Gasteiger partial charge in [-0.25, -0.2) is 4.90 Å². The van der Waals surface area contributed by atoms with Crippen LogP contribution < -0.4 is 4.90 Å². The molecule has 2 aliphatic rings. The Labute approximate surface area is 111 Å². The molecule has 1 aliphatic heterocycles. The number of carbonyl (C=O) groups is 2. The third kappa shape index (κ3) is 1.75. The number of phenols is 1. The summed E-state index contributed by atoms with van der Waals surface area (Å²) in [7, 11) is 0. The number of fused-ring (bicyclic) bond motifs is 1. The number of imide groups is 1. The number of phenolic OH excluding ortho intramolecular Hbond substituents is 1. The molecule has 0 saturated carbocycles. The minimum atomic E-state index is -0.266. The van der Waals surface area contributed by atoms with Gasteiger partial charge in [0.2, 0.25) is 11.8 Å². The highest BCUT2D eigenvalue weighted by atomic mass is 16.3.